The molecule has 98 valence electrons. The number of sulfonamides is 1. The smallest absolute Gasteiger partial charge is 0.206 e. The van der Waals surface area contributed by atoms with Gasteiger partial charge >= 0.3 is 0 Å². The molecular formula is C12H16N2O2S2. The molecule has 0 radical (unpaired) electrons. The summed E-state index contributed by atoms with van der Waals surface area (Å²) < 4.78 is 26.7. The molecule has 6 heteroatoms. The summed E-state index contributed by atoms with van der Waals surface area (Å²) >= 11 is 1.04. The molecule has 0 bridgehead atoms. The number of rotatable bonds is 2. The third-order valence-electron chi connectivity index (χ3n) is 3.15. The molecule has 1 aliphatic rings. The van der Waals surface area contributed by atoms with Gasteiger partial charge in [-0.05, 0) is 30.4 Å². The average Bonchev–Trinajstić information content (AvgIpc) is 2.76. The quantitative estimate of drug-likeness (QED) is 0.838. The van der Waals surface area contributed by atoms with E-state index in [1.54, 1.807) is 10.4 Å². The Kier molecular flexibility index (Phi) is 3.49. The summed E-state index contributed by atoms with van der Waals surface area (Å²) in [5.74, 6) is 0. The van der Waals surface area contributed by atoms with Crippen molar-refractivity contribution >= 4 is 21.4 Å². The van der Waals surface area contributed by atoms with Crippen LogP contribution in [0.2, 0.25) is 0 Å². The Balaban J connectivity index is 2.29. The monoisotopic (exact) mass is 284 g/mol. The lowest BCUT2D eigenvalue weighted by atomic mass is 9.85. The first-order valence-corrected chi connectivity index (χ1v) is 8.11. The Bertz CT molecular complexity index is 581. The molecule has 0 atom stereocenters. The standard InChI is InChI=1S/C12H16N2O2S2/c1-12(2)6-3-7-14(9-12)18(15,16)11-5-4-10(8-13)17-11/h4-5H,3,6-7,9H2,1-2H3. The van der Waals surface area contributed by atoms with Gasteiger partial charge in [-0.15, -0.1) is 11.3 Å². The molecule has 1 saturated heterocycles. The minimum absolute atomic E-state index is 0.0284. The molecule has 0 amide bonds. The van der Waals surface area contributed by atoms with E-state index >= 15 is 0 Å². The van der Waals surface area contributed by atoms with Gasteiger partial charge in [-0.1, -0.05) is 13.8 Å². The molecule has 0 N–H and O–H groups in total. The predicted molar refractivity (Wildman–Crippen MR) is 70.8 cm³/mol. The molecule has 2 rings (SSSR count). The molecule has 0 aromatic carbocycles. The summed E-state index contributed by atoms with van der Waals surface area (Å²) in [6.45, 7) is 5.30. The Hall–Kier alpha value is -0.900. The molecule has 4 nitrogen and oxygen atoms in total. The zero-order valence-electron chi connectivity index (χ0n) is 10.5. The van der Waals surface area contributed by atoms with Crippen LogP contribution in [0.3, 0.4) is 0 Å². The fourth-order valence-corrected chi connectivity index (χ4v) is 5.15. The summed E-state index contributed by atoms with van der Waals surface area (Å²) in [6, 6.07) is 5.06. The minimum atomic E-state index is -3.42. The second kappa shape index (κ2) is 4.65. The highest BCUT2D eigenvalue weighted by molar-refractivity contribution is 7.91. The van der Waals surface area contributed by atoms with Crippen LogP contribution in [0.5, 0.6) is 0 Å². The normalized spacial score (nSPS) is 20.5. The van der Waals surface area contributed by atoms with Crippen LogP contribution in [0.25, 0.3) is 0 Å². The molecule has 1 aliphatic heterocycles. The van der Waals surface area contributed by atoms with Crippen molar-refractivity contribution in [2.24, 2.45) is 5.41 Å². The number of nitrogens with zero attached hydrogens (tertiary/aromatic N) is 2. The summed E-state index contributed by atoms with van der Waals surface area (Å²) in [5.41, 5.74) is 0.0284. The van der Waals surface area contributed by atoms with Crippen molar-refractivity contribution in [2.75, 3.05) is 13.1 Å². The Morgan fingerprint density at radius 1 is 1.44 bits per heavy atom. The van der Waals surface area contributed by atoms with E-state index in [1.807, 2.05) is 6.07 Å². The van der Waals surface area contributed by atoms with Gasteiger partial charge < -0.3 is 0 Å². The van der Waals surface area contributed by atoms with E-state index in [0.29, 0.717) is 18.0 Å². The predicted octanol–water partition coefficient (Wildman–Crippen LogP) is 2.43. The Morgan fingerprint density at radius 2 is 2.17 bits per heavy atom. The van der Waals surface area contributed by atoms with Crippen molar-refractivity contribution in [3.05, 3.63) is 17.0 Å². The van der Waals surface area contributed by atoms with Gasteiger partial charge in [0.2, 0.25) is 0 Å². The molecule has 0 saturated carbocycles. The van der Waals surface area contributed by atoms with Crippen LogP contribution in [0.15, 0.2) is 16.3 Å². The first-order valence-electron chi connectivity index (χ1n) is 5.85. The lowest BCUT2D eigenvalue weighted by molar-refractivity contribution is 0.187. The zero-order valence-corrected chi connectivity index (χ0v) is 12.1. The Labute approximate surface area is 112 Å². The van der Waals surface area contributed by atoms with Gasteiger partial charge in [-0.2, -0.15) is 9.57 Å². The highest BCUT2D eigenvalue weighted by Crippen LogP contribution is 2.33. The number of piperidine rings is 1. The fourth-order valence-electron chi connectivity index (χ4n) is 2.22. The molecule has 18 heavy (non-hydrogen) atoms. The largest absolute Gasteiger partial charge is 0.252 e. The molecule has 1 aromatic heterocycles. The van der Waals surface area contributed by atoms with E-state index in [-0.39, 0.29) is 9.62 Å². The molecule has 2 heterocycles. The van der Waals surface area contributed by atoms with Gasteiger partial charge in [0.25, 0.3) is 10.0 Å². The lowest BCUT2D eigenvalue weighted by Crippen LogP contribution is -2.43. The molecule has 0 aliphatic carbocycles. The summed E-state index contributed by atoms with van der Waals surface area (Å²) in [4.78, 5) is 0.435. The second-order valence-corrected chi connectivity index (χ2v) is 8.59. The van der Waals surface area contributed by atoms with Crippen LogP contribution >= 0.6 is 11.3 Å². The van der Waals surface area contributed by atoms with Crippen molar-refractivity contribution in [3.8, 4) is 6.07 Å². The fraction of sp³-hybridized carbons (Fsp3) is 0.583. The van der Waals surface area contributed by atoms with Crippen molar-refractivity contribution in [1.82, 2.24) is 4.31 Å². The third kappa shape index (κ3) is 2.58. The van der Waals surface area contributed by atoms with Gasteiger partial charge in [-0.3, -0.25) is 0 Å². The number of hydrogen-bond donors (Lipinski definition) is 0. The summed E-state index contributed by atoms with van der Waals surface area (Å²) in [5, 5.41) is 8.76. The molecule has 0 unspecified atom stereocenters. The number of hydrogen-bond acceptors (Lipinski definition) is 4. The van der Waals surface area contributed by atoms with Gasteiger partial charge in [0.1, 0.15) is 15.2 Å². The van der Waals surface area contributed by atoms with Gasteiger partial charge in [0.15, 0.2) is 0 Å². The Morgan fingerprint density at radius 3 is 2.72 bits per heavy atom. The minimum Gasteiger partial charge on any atom is -0.206 e. The summed E-state index contributed by atoms with van der Waals surface area (Å²) in [7, 11) is -3.42. The van der Waals surface area contributed by atoms with Crippen LogP contribution < -0.4 is 0 Å². The zero-order chi connectivity index (χ0) is 13.4. The number of nitriles is 1. The van der Waals surface area contributed by atoms with Crippen LogP contribution in [0.4, 0.5) is 0 Å². The lowest BCUT2D eigenvalue weighted by Gasteiger charge is -2.36. The average molecular weight is 284 g/mol. The van der Waals surface area contributed by atoms with Gasteiger partial charge in [0.05, 0.1) is 0 Å². The van der Waals surface area contributed by atoms with E-state index in [0.717, 1.165) is 24.2 Å². The number of thiophene rings is 1. The van der Waals surface area contributed by atoms with E-state index in [2.05, 4.69) is 13.8 Å². The van der Waals surface area contributed by atoms with Crippen LogP contribution in [0.1, 0.15) is 31.6 Å². The van der Waals surface area contributed by atoms with E-state index in [1.165, 1.54) is 6.07 Å². The topological polar surface area (TPSA) is 61.2 Å². The summed E-state index contributed by atoms with van der Waals surface area (Å²) in [6.07, 6.45) is 1.94. The SMILES string of the molecule is CC1(C)CCCN(S(=O)(=O)c2ccc(C#N)s2)C1. The van der Waals surface area contributed by atoms with Gasteiger partial charge in [-0.25, -0.2) is 8.42 Å². The van der Waals surface area contributed by atoms with Crippen molar-refractivity contribution in [3.63, 3.8) is 0 Å². The van der Waals surface area contributed by atoms with Crippen LogP contribution in [-0.2, 0) is 10.0 Å². The van der Waals surface area contributed by atoms with Crippen molar-refractivity contribution < 1.29 is 8.42 Å². The maximum atomic E-state index is 12.4. The third-order valence-corrected chi connectivity index (χ3v) is 6.45. The first-order chi connectivity index (χ1) is 8.35. The molecule has 1 aromatic rings. The molecule has 1 fully saturated rings. The second-order valence-electron chi connectivity index (χ2n) is 5.34. The van der Waals surface area contributed by atoms with E-state index in [4.69, 9.17) is 5.26 Å². The van der Waals surface area contributed by atoms with E-state index < -0.39 is 10.0 Å². The van der Waals surface area contributed by atoms with Crippen molar-refractivity contribution in [1.29, 1.82) is 5.26 Å². The highest BCUT2D eigenvalue weighted by atomic mass is 32.2. The first kappa shape index (κ1) is 13.5. The maximum absolute atomic E-state index is 12.4. The molecule has 0 spiro atoms. The highest BCUT2D eigenvalue weighted by Gasteiger charge is 2.34. The molecular weight excluding hydrogens is 268 g/mol. The van der Waals surface area contributed by atoms with Crippen LogP contribution in [0, 0.1) is 16.7 Å². The van der Waals surface area contributed by atoms with Crippen LogP contribution in [-0.4, -0.2) is 25.8 Å². The maximum Gasteiger partial charge on any atom is 0.252 e. The van der Waals surface area contributed by atoms with E-state index in [9.17, 15) is 8.42 Å². The van der Waals surface area contributed by atoms with Gasteiger partial charge in [0, 0.05) is 13.1 Å². The van der Waals surface area contributed by atoms with Crippen molar-refractivity contribution in [2.45, 2.75) is 30.9 Å².